The van der Waals surface area contributed by atoms with Crippen LogP contribution in [0.4, 0.5) is 13.2 Å². The van der Waals surface area contributed by atoms with E-state index < -0.39 is 84.3 Å². The third-order valence-electron chi connectivity index (χ3n) is 21.7. The van der Waals surface area contributed by atoms with Crippen molar-refractivity contribution in [2.75, 3.05) is 20.2 Å². The quantitative estimate of drug-likeness (QED) is 0.0567. The highest BCUT2D eigenvalue weighted by atomic mass is 19.1. The Morgan fingerprint density at radius 3 is 1.28 bits per heavy atom. The predicted molar refractivity (Wildman–Crippen MR) is 446 cm³/mol. The van der Waals surface area contributed by atoms with Crippen molar-refractivity contribution < 1.29 is 77.1 Å². The SMILES string of the molecule is N[C@H]1Cc2cccc(c2)Oc2ccc(cc2)C[C@@H](C(=O)CCc2ccccc2F)NC(=O)[C@H](CC(=O)N2CCC[C@@H]2c2ccccc2)CC1=O.O=C(N[C@H]1Cc2cccc(c2)Oc2ccc(cc2)C[C@@H](C(=O)CCc2ccccc2F)NC(=O)[C@H](CC(=O)N2CCC[C@@H]2c2ccccc2)CC1=O)c1ccccc1.O=C(O)c1ccccc1.[2H]CF. The second-order valence-electron chi connectivity index (χ2n) is 30.0. The number of alkyl halides is 1. The summed E-state index contributed by atoms with van der Waals surface area (Å²) in [5, 5.41) is 17.1. The molecule has 19 nitrogen and oxygen atoms in total. The molecule has 0 unspecified atom stereocenters. The number of ketones is 4. The minimum absolute atomic E-state index is 0.0113. The predicted octanol–water partition coefficient (Wildman–Crippen LogP) is 15.6. The lowest BCUT2D eigenvalue weighted by atomic mass is 9.90. The second kappa shape index (κ2) is 43.3. The Labute approximate surface area is 691 Å². The van der Waals surface area contributed by atoms with E-state index in [0.717, 1.165) is 53.5 Å². The van der Waals surface area contributed by atoms with Crippen molar-refractivity contribution in [2.45, 2.75) is 139 Å². The van der Waals surface area contributed by atoms with Gasteiger partial charge in [0.15, 0.2) is 23.1 Å². The number of fused-ring (bicyclic) bond motifs is 20. The molecule has 614 valence electrons. The van der Waals surface area contributed by atoms with Crippen molar-refractivity contribution in [2.24, 2.45) is 17.6 Å². The van der Waals surface area contributed by atoms with Crippen molar-refractivity contribution in [3.05, 3.63) is 334 Å². The minimum atomic E-state index is -1.16. The molecule has 10 aromatic carbocycles. The number of halogens is 3. The summed E-state index contributed by atoms with van der Waals surface area (Å²) >= 11 is 0. The van der Waals surface area contributed by atoms with Crippen LogP contribution in [-0.4, -0.2) is 118 Å². The molecule has 6 N–H and O–H groups in total. The zero-order chi connectivity index (χ0) is 84.9. The third kappa shape index (κ3) is 25.0. The molecule has 6 aliphatic rings. The number of rotatable bonds is 17. The molecule has 0 saturated carbocycles. The van der Waals surface area contributed by atoms with Crippen LogP contribution < -0.4 is 31.2 Å². The van der Waals surface area contributed by atoms with Crippen LogP contribution in [0.1, 0.15) is 143 Å². The zero-order valence-corrected chi connectivity index (χ0v) is 65.9. The number of carbonyl (C=O) groups is 10. The number of nitrogens with zero attached hydrogens (tertiary/aromatic N) is 2. The van der Waals surface area contributed by atoms with Crippen LogP contribution in [0, 0.1) is 23.5 Å². The molecule has 2 fully saturated rings. The fourth-order valence-corrected chi connectivity index (χ4v) is 15.3. The lowest BCUT2D eigenvalue weighted by Gasteiger charge is -2.28. The maximum absolute atomic E-state index is 14.6. The number of amides is 5. The van der Waals surface area contributed by atoms with Gasteiger partial charge >= 0.3 is 5.97 Å². The van der Waals surface area contributed by atoms with Crippen molar-refractivity contribution in [1.29, 1.82) is 0 Å². The molecule has 5 amide bonds. The van der Waals surface area contributed by atoms with Crippen LogP contribution in [0.25, 0.3) is 0 Å². The first-order chi connectivity index (χ1) is 58.1. The van der Waals surface area contributed by atoms with Gasteiger partial charge in [0, 0.05) is 57.2 Å². The van der Waals surface area contributed by atoms with E-state index in [-0.39, 0.29) is 118 Å². The summed E-state index contributed by atoms with van der Waals surface area (Å²) in [5.74, 6) is -5.25. The molecule has 119 heavy (non-hydrogen) atoms. The average molecular weight is 1610 g/mol. The van der Waals surface area contributed by atoms with E-state index in [9.17, 15) is 61.1 Å². The van der Waals surface area contributed by atoms with Crippen LogP contribution in [-0.2, 0) is 76.9 Å². The number of Topliss-reactive ketones (excluding diaryl/α,β-unsaturated/α-hetero) is 4. The Bertz CT molecular complexity index is 5150. The number of hydrogen-bond donors (Lipinski definition) is 5. The maximum atomic E-state index is 14.6. The number of hydrogen-bond acceptors (Lipinski definition) is 13. The Balaban J connectivity index is 0.000000208. The van der Waals surface area contributed by atoms with Crippen molar-refractivity contribution in [3.8, 4) is 23.0 Å². The molecule has 0 aromatic heterocycles. The van der Waals surface area contributed by atoms with Crippen molar-refractivity contribution >= 4 is 58.6 Å². The third-order valence-corrected chi connectivity index (χ3v) is 21.7. The first-order valence-electron chi connectivity index (χ1n) is 40.7. The van der Waals surface area contributed by atoms with E-state index in [4.69, 9.17) is 21.7 Å². The second-order valence-corrected chi connectivity index (χ2v) is 30.0. The van der Waals surface area contributed by atoms with Gasteiger partial charge in [-0.1, -0.05) is 182 Å². The first-order valence-corrected chi connectivity index (χ1v) is 40.0. The summed E-state index contributed by atoms with van der Waals surface area (Å²) < 4.78 is 56.7. The largest absolute Gasteiger partial charge is 0.478 e. The molecule has 6 aliphatic heterocycles. The fraction of sp³-hybridized carbons (Fsp3) is 0.278. The van der Waals surface area contributed by atoms with Crippen LogP contribution >= 0.6 is 0 Å². The van der Waals surface area contributed by atoms with Gasteiger partial charge in [0.05, 0.1) is 62.2 Å². The van der Waals surface area contributed by atoms with E-state index in [2.05, 4.69) is 16.0 Å². The Hall–Kier alpha value is -13.0. The average Bonchev–Trinajstić information content (AvgIpc) is 1.54. The first kappa shape index (κ1) is 85.4. The smallest absolute Gasteiger partial charge is 0.335 e. The molecule has 8 bridgehead atoms. The highest BCUT2D eigenvalue weighted by molar-refractivity contribution is 6.00. The summed E-state index contributed by atoms with van der Waals surface area (Å²) in [6.45, 7) is 1.05. The molecule has 0 spiro atoms. The number of ether oxygens (including phenoxy) is 2. The monoisotopic (exact) mass is 1610 g/mol. The lowest BCUT2D eigenvalue weighted by Crippen LogP contribution is -2.48. The summed E-state index contributed by atoms with van der Waals surface area (Å²) in [4.78, 5) is 140. The Kier molecular flexibility index (Phi) is 31.1. The van der Waals surface area contributed by atoms with Gasteiger partial charge in [-0.15, -0.1) is 0 Å². The Morgan fingerprint density at radius 1 is 0.462 bits per heavy atom. The van der Waals surface area contributed by atoms with Gasteiger partial charge in [0.2, 0.25) is 23.6 Å². The van der Waals surface area contributed by atoms with Gasteiger partial charge in [0.1, 0.15) is 34.6 Å². The maximum Gasteiger partial charge on any atom is 0.335 e. The number of likely N-dealkylation sites (tertiary alicyclic amines) is 2. The molecule has 8 atom stereocenters. The van der Waals surface area contributed by atoms with E-state index in [1.54, 1.807) is 149 Å². The number of aromatic carboxylic acids is 1. The number of carboxylic acids is 1. The van der Waals surface area contributed by atoms with E-state index >= 15 is 0 Å². The summed E-state index contributed by atoms with van der Waals surface area (Å²) in [7, 11) is -1.00. The molecule has 6 heterocycles. The molecule has 2 saturated heterocycles. The number of carboxylic acid groups (broad SMARTS) is 1. The van der Waals surface area contributed by atoms with Crippen LogP contribution in [0.2, 0.25) is 0 Å². The molecule has 10 aromatic rings. The molecular weight excluding hydrogens is 1510 g/mol. The minimum Gasteiger partial charge on any atom is -0.478 e. The molecule has 0 radical (unpaired) electrons. The number of benzene rings is 10. The van der Waals surface area contributed by atoms with Gasteiger partial charge in [-0.2, -0.15) is 0 Å². The van der Waals surface area contributed by atoms with E-state index in [1.165, 1.54) is 12.1 Å². The lowest BCUT2D eigenvalue weighted by molar-refractivity contribution is -0.139. The Morgan fingerprint density at radius 2 is 0.857 bits per heavy atom. The van der Waals surface area contributed by atoms with E-state index in [0.29, 0.717) is 63.9 Å². The highest BCUT2D eigenvalue weighted by Crippen LogP contribution is 2.36. The summed E-state index contributed by atoms with van der Waals surface area (Å²) in [5.41, 5.74) is 12.9. The molecule has 16 rings (SSSR count). The highest BCUT2D eigenvalue weighted by Gasteiger charge is 2.39. The summed E-state index contributed by atoms with van der Waals surface area (Å²) in [6.07, 6.45) is 2.87. The molecule has 0 aliphatic carbocycles. The number of nitrogens with two attached hydrogens (primary N) is 1. The zero-order valence-electron chi connectivity index (χ0n) is 66.9. The summed E-state index contributed by atoms with van der Waals surface area (Å²) in [6, 6.07) is 73.6. The van der Waals surface area contributed by atoms with Crippen molar-refractivity contribution in [1.82, 2.24) is 25.8 Å². The van der Waals surface area contributed by atoms with Gasteiger partial charge in [-0.3, -0.25) is 47.5 Å². The normalized spacial score (nSPS) is 19.4. The number of aryl methyl sites for hydroxylation is 2. The number of carbonyl (C=O) groups excluding carboxylic acids is 9. The molecular formula is C97H97F3N6O13. The topological polar surface area (TPSA) is 278 Å². The van der Waals surface area contributed by atoms with Gasteiger partial charge < -0.3 is 46.1 Å². The standard InChI is InChI=1S/C48H46FN3O6.C41H42FN3O5.C7H6O2.CH3F/c49-40-18-8-7-12-34(40)22-25-44(53)41-28-32-20-23-38(24-21-32)58-39-17-9-11-33(27-39)29-42(51-47(56)36-15-5-2-6-16-36)45(54)30-37(48(57)50-41)31-46(55)52-26-10-19-43(52)35-13-3-1-4-14-35;42-34-13-5-4-9-29(34)17-20-38(46)36-24-27-15-18-32(19-16-27)50-33-12-6-8-28(22-33)23-35(43)39(47)25-31(41(49)44-36)26-40(48)45-21-7-14-37(45)30-10-2-1-3-11-30;8-7(9)6-4-2-1-3-5-6;1-2/h1-9,11-18,20-21,23-24,27,37,41-43H,10,19,22,25-26,28-31H2,(H,50,57)(H,51,56);1-6,8-13,15-16,18-19,22,31,35-37H,7,14,17,20-21,23-26,43H2,(H,44,49);1-5H,(H,8,9);1H3/t37-,41-,42-,43+;31-,35-,36-,37+;;/m00../s1/i;;;1D. The fourth-order valence-electron chi connectivity index (χ4n) is 15.3. The van der Waals surface area contributed by atoms with Gasteiger partial charge in [0.25, 0.3) is 5.91 Å². The van der Waals surface area contributed by atoms with Crippen LogP contribution in [0.3, 0.4) is 0 Å². The van der Waals surface area contributed by atoms with Crippen molar-refractivity contribution in [3.63, 3.8) is 0 Å². The van der Waals surface area contributed by atoms with Crippen LogP contribution in [0.5, 0.6) is 23.0 Å². The van der Waals surface area contributed by atoms with Gasteiger partial charge in [-0.25, -0.2) is 13.6 Å². The van der Waals surface area contributed by atoms with Crippen LogP contribution in [0.15, 0.2) is 267 Å². The number of nitrogens with one attached hydrogen (secondary N) is 3. The van der Waals surface area contributed by atoms with Gasteiger partial charge in [-0.05, 0) is 194 Å². The van der Waals surface area contributed by atoms with E-state index in [1.807, 2.05) is 115 Å². The molecule has 22 heteroatoms.